The Kier molecular flexibility index (Phi) is 6.40. The molecule has 0 saturated heterocycles. The van der Waals surface area contributed by atoms with Gasteiger partial charge in [-0.3, -0.25) is 9.69 Å². The molecule has 1 unspecified atom stereocenters. The van der Waals surface area contributed by atoms with Crippen LogP contribution in [0.25, 0.3) is 0 Å². The molecule has 22 heavy (non-hydrogen) atoms. The van der Waals surface area contributed by atoms with E-state index in [1.54, 1.807) is 18.2 Å². The van der Waals surface area contributed by atoms with Crippen molar-refractivity contribution in [1.29, 1.82) is 0 Å². The summed E-state index contributed by atoms with van der Waals surface area (Å²) < 4.78 is 5.64. The molecule has 1 N–H and O–H groups in total. The summed E-state index contributed by atoms with van der Waals surface area (Å²) in [6.07, 6.45) is 4.56. The summed E-state index contributed by atoms with van der Waals surface area (Å²) in [5, 5.41) is 10.2. The van der Waals surface area contributed by atoms with E-state index in [1.807, 2.05) is 6.07 Å². The molecule has 0 aliphatic heterocycles. The molecular weight excluding hydrogens is 278 g/mol. The number of aliphatic hydroxyl groups excluding tert-OH is 1. The minimum atomic E-state index is -0.512. The van der Waals surface area contributed by atoms with Gasteiger partial charge in [0.2, 0.25) is 0 Å². The van der Waals surface area contributed by atoms with Crippen molar-refractivity contribution < 1.29 is 14.6 Å². The summed E-state index contributed by atoms with van der Waals surface area (Å²) in [6, 6.07) is 7.72. The second-order valence-corrected chi connectivity index (χ2v) is 6.07. The van der Waals surface area contributed by atoms with E-state index in [2.05, 4.69) is 11.8 Å². The normalized spacial score (nSPS) is 16.9. The van der Waals surface area contributed by atoms with Gasteiger partial charge in [-0.2, -0.15) is 0 Å². The first-order valence-corrected chi connectivity index (χ1v) is 8.26. The maximum absolute atomic E-state index is 11.4. The molecule has 1 aliphatic carbocycles. The molecule has 1 aromatic rings. The van der Waals surface area contributed by atoms with E-state index >= 15 is 0 Å². The van der Waals surface area contributed by atoms with Crippen molar-refractivity contribution in [2.45, 2.75) is 51.7 Å². The molecule has 2 rings (SSSR count). The van der Waals surface area contributed by atoms with E-state index in [9.17, 15) is 9.90 Å². The van der Waals surface area contributed by atoms with Gasteiger partial charge >= 0.3 is 0 Å². The SMILES string of the molecule is CCN(CC(O)COc1cccc(C(C)=O)c1)C1CCCC1. The summed E-state index contributed by atoms with van der Waals surface area (Å²) in [7, 11) is 0. The first-order chi connectivity index (χ1) is 10.6. The van der Waals surface area contributed by atoms with Crippen LogP contribution in [0.15, 0.2) is 24.3 Å². The van der Waals surface area contributed by atoms with Gasteiger partial charge in [-0.15, -0.1) is 0 Å². The van der Waals surface area contributed by atoms with Gasteiger partial charge in [0, 0.05) is 18.2 Å². The number of carbonyl (C=O) groups excluding carboxylic acids is 1. The number of nitrogens with zero attached hydrogens (tertiary/aromatic N) is 1. The molecule has 1 aromatic carbocycles. The summed E-state index contributed by atoms with van der Waals surface area (Å²) in [4.78, 5) is 13.7. The monoisotopic (exact) mass is 305 g/mol. The zero-order valence-corrected chi connectivity index (χ0v) is 13.6. The fourth-order valence-electron chi connectivity index (χ4n) is 3.13. The quantitative estimate of drug-likeness (QED) is 0.750. The molecule has 1 atom stereocenters. The molecule has 122 valence electrons. The number of hydrogen-bond acceptors (Lipinski definition) is 4. The Labute approximate surface area is 133 Å². The first-order valence-electron chi connectivity index (χ1n) is 8.26. The van der Waals surface area contributed by atoms with Gasteiger partial charge in [-0.25, -0.2) is 0 Å². The number of benzene rings is 1. The highest BCUT2D eigenvalue weighted by molar-refractivity contribution is 5.94. The zero-order chi connectivity index (χ0) is 15.9. The zero-order valence-electron chi connectivity index (χ0n) is 13.6. The summed E-state index contributed by atoms with van der Waals surface area (Å²) >= 11 is 0. The van der Waals surface area contributed by atoms with Crippen LogP contribution in [0.5, 0.6) is 5.75 Å². The van der Waals surface area contributed by atoms with Crippen LogP contribution in [0.4, 0.5) is 0 Å². The lowest BCUT2D eigenvalue weighted by Gasteiger charge is -2.29. The molecule has 0 heterocycles. The smallest absolute Gasteiger partial charge is 0.159 e. The lowest BCUT2D eigenvalue weighted by atomic mass is 10.1. The van der Waals surface area contributed by atoms with E-state index in [-0.39, 0.29) is 12.4 Å². The summed E-state index contributed by atoms with van der Waals surface area (Å²) in [6.45, 7) is 5.54. The molecule has 0 radical (unpaired) electrons. The van der Waals surface area contributed by atoms with E-state index in [1.165, 1.54) is 32.6 Å². The number of hydrogen-bond donors (Lipinski definition) is 1. The molecule has 0 spiro atoms. The van der Waals surface area contributed by atoms with Crippen LogP contribution in [-0.4, -0.2) is 47.6 Å². The minimum absolute atomic E-state index is 0.0180. The maximum atomic E-state index is 11.4. The Morgan fingerprint density at radius 1 is 1.41 bits per heavy atom. The highest BCUT2D eigenvalue weighted by Crippen LogP contribution is 2.23. The minimum Gasteiger partial charge on any atom is -0.491 e. The van der Waals surface area contributed by atoms with E-state index in [0.29, 0.717) is 23.9 Å². The van der Waals surface area contributed by atoms with Crippen LogP contribution in [0.2, 0.25) is 0 Å². The molecule has 4 nitrogen and oxygen atoms in total. The molecule has 1 aliphatic rings. The Bertz CT molecular complexity index is 483. The van der Waals surface area contributed by atoms with Crippen molar-refractivity contribution in [2.75, 3.05) is 19.7 Å². The molecule has 0 bridgehead atoms. The maximum Gasteiger partial charge on any atom is 0.159 e. The van der Waals surface area contributed by atoms with Crippen LogP contribution in [0.3, 0.4) is 0 Å². The third-order valence-electron chi connectivity index (χ3n) is 4.38. The Hall–Kier alpha value is -1.39. The van der Waals surface area contributed by atoms with Crippen LogP contribution in [0, 0.1) is 0 Å². The number of carbonyl (C=O) groups is 1. The highest BCUT2D eigenvalue weighted by Gasteiger charge is 2.23. The lowest BCUT2D eigenvalue weighted by molar-refractivity contribution is 0.0550. The average Bonchev–Trinajstić information content (AvgIpc) is 3.05. The van der Waals surface area contributed by atoms with Gasteiger partial charge in [0.25, 0.3) is 0 Å². The third kappa shape index (κ3) is 4.82. The number of Topliss-reactive ketones (excluding diaryl/α,β-unsaturated/α-hetero) is 1. The standard InChI is InChI=1S/C18H27NO3/c1-3-19(16-8-4-5-9-16)12-17(21)13-22-18-10-6-7-15(11-18)14(2)20/h6-7,10-11,16-17,21H,3-5,8-9,12-13H2,1-2H3. The van der Waals surface area contributed by atoms with Crippen molar-refractivity contribution in [3.8, 4) is 5.75 Å². The largest absolute Gasteiger partial charge is 0.491 e. The van der Waals surface area contributed by atoms with Gasteiger partial charge in [0.05, 0.1) is 0 Å². The fraction of sp³-hybridized carbons (Fsp3) is 0.611. The Morgan fingerprint density at radius 3 is 2.77 bits per heavy atom. The van der Waals surface area contributed by atoms with Crippen molar-refractivity contribution in [1.82, 2.24) is 4.90 Å². The van der Waals surface area contributed by atoms with Gasteiger partial charge in [0.1, 0.15) is 18.5 Å². The topological polar surface area (TPSA) is 49.8 Å². The van der Waals surface area contributed by atoms with Crippen molar-refractivity contribution in [3.05, 3.63) is 29.8 Å². The number of aliphatic hydroxyl groups is 1. The summed E-state index contributed by atoms with van der Waals surface area (Å²) in [5.74, 6) is 0.653. The van der Waals surface area contributed by atoms with Crippen molar-refractivity contribution in [2.24, 2.45) is 0 Å². The molecular formula is C18H27NO3. The van der Waals surface area contributed by atoms with E-state index < -0.39 is 6.10 Å². The lowest BCUT2D eigenvalue weighted by Crippen LogP contribution is -2.41. The Balaban J connectivity index is 1.82. The molecule has 1 fully saturated rings. The predicted octanol–water partition coefficient (Wildman–Crippen LogP) is 2.89. The van der Waals surface area contributed by atoms with Gasteiger partial charge in [-0.1, -0.05) is 31.9 Å². The van der Waals surface area contributed by atoms with Gasteiger partial charge in [0.15, 0.2) is 5.78 Å². The number of rotatable bonds is 8. The predicted molar refractivity (Wildman–Crippen MR) is 87.5 cm³/mol. The molecule has 0 amide bonds. The van der Waals surface area contributed by atoms with Gasteiger partial charge < -0.3 is 9.84 Å². The van der Waals surface area contributed by atoms with Crippen LogP contribution < -0.4 is 4.74 Å². The van der Waals surface area contributed by atoms with Crippen molar-refractivity contribution >= 4 is 5.78 Å². The average molecular weight is 305 g/mol. The third-order valence-corrected chi connectivity index (χ3v) is 4.38. The van der Waals surface area contributed by atoms with Crippen LogP contribution >= 0.6 is 0 Å². The van der Waals surface area contributed by atoms with E-state index in [4.69, 9.17) is 4.74 Å². The molecule has 4 heteroatoms. The first kappa shape index (κ1) is 17.0. The second-order valence-electron chi connectivity index (χ2n) is 6.07. The second kappa shape index (κ2) is 8.30. The molecule has 0 aromatic heterocycles. The fourth-order valence-corrected chi connectivity index (χ4v) is 3.13. The van der Waals surface area contributed by atoms with Crippen molar-refractivity contribution in [3.63, 3.8) is 0 Å². The number of ketones is 1. The molecule has 1 saturated carbocycles. The Morgan fingerprint density at radius 2 is 2.14 bits per heavy atom. The number of ether oxygens (including phenoxy) is 1. The van der Waals surface area contributed by atoms with E-state index in [0.717, 1.165) is 6.54 Å². The van der Waals surface area contributed by atoms with Crippen LogP contribution in [-0.2, 0) is 0 Å². The van der Waals surface area contributed by atoms with Crippen LogP contribution in [0.1, 0.15) is 49.9 Å². The highest BCUT2D eigenvalue weighted by atomic mass is 16.5. The van der Waals surface area contributed by atoms with Gasteiger partial charge in [-0.05, 0) is 38.4 Å². The number of likely N-dealkylation sites (N-methyl/N-ethyl adjacent to an activating group) is 1. The summed E-state index contributed by atoms with van der Waals surface area (Å²) in [5.41, 5.74) is 0.633.